The number of ether oxygens (including phenoxy) is 1. The van der Waals surface area contributed by atoms with Gasteiger partial charge in [-0.05, 0) is 25.1 Å². The molecule has 0 aliphatic carbocycles. The van der Waals surface area contributed by atoms with Gasteiger partial charge in [0.25, 0.3) is 0 Å². The maximum absolute atomic E-state index is 10.9. The maximum Gasteiger partial charge on any atom is 0.329 e. The van der Waals surface area contributed by atoms with Gasteiger partial charge in [0.2, 0.25) is 0 Å². The first-order valence-electron chi connectivity index (χ1n) is 4.97. The second-order valence-electron chi connectivity index (χ2n) is 3.39. The molecule has 1 aromatic rings. The minimum absolute atomic E-state index is 0.00442. The van der Waals surface area contributed by atoms with Gasteiger partial charge in [-0.15, -0.1) is 0 Å². The number of amides is 2. The number of benzene rings is 1. The van der Waals surface area contributed by atoms with Crippen LogP contribution in [0.25, 0.3) is 0 Å². The van der Waals surface area contributed by atoms with Gasteiger partial charge < -0.3 is 15.6 Å². The monoisotopic (exact) mass is 251 g/mol. The van der Waals surface area contributed by atoms with Gasteiger partial charge in [0, 0.05) is 5.56 Å². The molecule has 0 saturated heterocycles. The summed E-state index contributed by atoms with van der Waals surface area (Å²) in [6, 6.07) is 4.57. The van der Waals surface area contributed by atoms with E-state index in [-0.39, 0.29) is 11.5 Å². The Bertz CT molecular complexity index is 511. The number of carbonyl (C=O) groups excluding carboxylic acids is 2. The molecule has 0 unspecified atom stereocenters. The van der Waals surface area contributed by atoms with Crippen molar-refractivity contribution >= 4 is 17.5 Å². The summed E-state index contributed by atoms with van der Waals surface area (Å²) in [7, 11) is 1.42. The summed E-state index contributed by atoms with van der Waals surface area (Å²) in [6.45, 7) is 1.62. The zero-order valence-electron chi connectivity index (χ0n) is 9.93. The molecule has 0 saturated carbocycles. The fourth-order valence-electron chi connectivity index (χ4n) is 1.16. The summed E-state index contributed by atoms with van der Waals surface area (Å²) >= 11 is 0. The average Bonchev–Trinajstić information content (AvgIpc) is 2.35. The molecule has 1 rings (SSSR count). The van der Waals surface area contributed by atoms with E-state index in [1.165, 1.54) is 13.2 Å². The SMILES string of the molecule is COc1cc(C(C)=NNC(=O)C(N)=O)ccc1O. The van der Waals surface area contributed by atoms with Crippen molar-refractivity contribution < 1.29 is 19.4 Å². The number of hydrogen-bond acceptors (Lipinski definition) is 5. The van der Waals surface area contributed by atoms with E-state index >= 15 is 0 Å². The molecule has 0 aliphatic rings. The van der Waals surface area contributed by atoms with E-state index < -0.39 is 11.8 Å². The van der Waals surface area contributed by atoms with Crippen LogP contribution in [0.5, 0.6) is 11.5 Å². The van der Waals surface area contributed by atoms with Gasteiger partial charge >= 0.3 is 11.8 Å². The van der Waals surface area contributed by atoms with E-state index in [1.54, 1.807) is 19.1 Å². The average molecular weight is 251 g/mol. The molecule has 0 radical (unpaired) electrons. The van der Waals surface area contributed by atoms with E-state index in [2.05, 4.69) is 5.10 Å². The van der Waals surface area contributed by atoms with Gasteiger partial charge in [-0.3, -0.25) is 9.59 Å². The van der Waals surface area contributed by atoms with Crippen molar-refractivity contribution in [2.75, 3.05) is 7.11 Å². The second kappa shape index (κ2) is 5.67. The smallest absolute Gasteiger partial charge is 0.329 e. The normalized spacial score (nSPS) is 10.9. The van der Waals surface area contributed by atoms with Crippen LogP contribution in [0.3, 0.4) is 0 Å². The lowest BCUT2D eigenvalue weighted by Gasteiger charge is -2.06. The van der Waals surface area contributed by atoms with Gasteiger partial charge in [0.05, 0.1) is 12.8 Å². The molecule has 0 fully saturated rings. The van der Waals surface area contributed by atoms with E-state index in [0.717, 1.165) is 0 Å². The minimum atomic E-state index is -1.12. The van der Waals surface area contributed by atoms with Crippen LogP contribution in [0.4, 0.5) is 0 Å². The van der Waals surface area contributed by atoms with Crippen LogP contribution >= 0.6 is 0 Å². The minimum Gasteiger partial charge on any atom is -0.504 e. The van der Waals surface area contributed by atoms with Crippen molar-refractivity contribution in [3.05, 3.63) is 23.8 Å². The molecule has 2 amide bonds. The van der Waals surface area contributed by atoms with Crippen molar-refractivity contribution in [2.24, 2.45) is 10.8 Å². The molecule has 0 heterocycles. The van der Waals surface area contributed by atoms with Gasteiger partial charge in [-0.1, -0.05) is 0 Å². The number of phenols is 1. The fourth-order valence-corrected chi connectivity index (χ4v) is 1.16. The van der Waals surface area contributed by atoms with Gasteiger partial charge in [0.15, 0.2) is 11.5 Å². The first-order chi connectivity index (χ1) is 8.45. The van der Waals surface area contributed by atoms with Crippen LogP contribution in [0.2, 0.25) is 0 Å². The Hall–Kier alpha value is -2.57. The van der Waals surface area contributed by atoms with E-state index in [1.807, 2.05) is 5.43 Å². The summed E-state index contributed by atoms with van der Waals surface area (Å²) in [5.74, 6) is -1.84. The molecule has 7 nitrogen and oxygen atoms in total. The van der Waals surface area contributed by atoms with E-state index in [9.17, 15) is 14.7 Å². The first-order valence-corrected chi connectivity index (χ1v) is 4.97. The number of methoxy groups -OCH3 is 1. The summed E-state index contributed by atoms with van der Waals surface area (Å²) in [4.78, 5) is 21.4. The third-order valence-electron chi connectivity index (χ3n) is 2.15. The Balaban J connectivity index is 2.90. The highest BCUT2D eigenvalue weighted by Gasteiger charge is 2.08. The number of phenolic OH excluding ortho intramolecular Hbond substituents is 1. The number of primary amides is 1. The van der Waals surface area contributed by atoms with E-state index in [4.69, 9.17) is 10.5 Å². The summed E-state index contributed by atoms with van der Waals surface area (Å²) in [6.07, 6.45) is 0. The van der Waals surface area contributed by atoms with E-state index in [0.29, 0.717) is 11.3 Å². The fraction of sp³-hybridized carbons (Fsp3) is 0.182. The number of nitrogens with two attached hydrogens (primary N) is 1. The first kappa shape index (κ1) is 13.5. The number of nitrogens with zero attached hydrogens (tertiary/aromatic N) is 1. The molecule has 18 heavy (non-hydrogen) atoms. The summed E-state index contributed by atoms with van der Waals surface area (Å²) in [5.41, 5.74) is 7.81. The van der Waals surface area contributed by atoms with Crippen LogP contribution in [-0.4, -0.2) is 29.7 Å². The van der Waals surface area contributed by atoms with Crippen molar-refractivity contribution in [2.45, 2.75) is 6.92 Å². The molecule has 0 bridgehead atoms. The van der Waals surface area contributed by atoms with Crippen LogP contribution in [0.15, 0.2) is 23.3 Å². The maximum atomic E-state index is 10.9. The molecule has 96 valence electrons. The van der Waals surface area contributed by atoms with Crippen LogP contribution < -0.4 is 15.9 Å². The molecule has 0 aliphatic heterocycles. The Labute approximate surface area is 103 Å². The van der Waals surface area contributed by atoms with Crippen molar-refractivity contribution in [1.29, 1.82) is 0 Å². The lowest BCUT2D eigenvalue weighted by Crippen LogP contribution is -2.33. The van der Waals surface area contributed by atoms with Crippen molar-refractivity contribution in [3.63, 3.8) is 0 Å². The van der Waals surface area contributed by atoms with Crippen LogP contribution in [0.1, 0.15) is 12.5 Å². The molecule has 0 aromatic heterocycles. The van der Waals surface area contributed by atoms with Crippen molar-refractivity contribution in [1.82, 2.24) is 5.43 Å². The number of nitrogens with one attached hydrogen (secondary N) is 1. The summed E-state index contributed by atoms with van der Waals surface area (Å²) in [5, 5.41) is 13.1. The topological polar surface area (TPSA) is 114 Å². The molecule has 4 N–H and O–H groups in total. The zero-order chi connectivity index (χ0) is 13.7. The van der Waals surface area contributed by atoms with Gasteiger partial charge in [-0.25, -0.2) is 5.43 Å². The van der Waals surface area contributed by atoms with Crippen molar-refractivity contribution in [3.8, 4) is 11.5 Å². The summed E-state index contributed by atoms with van der Waals surface area (Å²) < 4.78 is 4.93. The number of carbonyl (C=O) groups is 2. The highest BCUT2D eigenvalue weighted by atomic mass is 16.5. The molecule has 0 atom stereocenters. The standard InChI is InChI=1S/C11H13N3O4/c1-6(13-14-11(17)10(12)16)7-3-4-8(15)9(5-7)18-2/h3-5,15H,1-2H3,(H2,12,16)(H,14,17). The van der Waals surface area contributed by atoms with Gasteiger partial charge in [0.1, 0.15) is 0 Å². The third kappa shape index (κ3) is 3.21. The molecular formula is C11H13N3O4. The second-order valence-corrected chi connectivity index (χ2v) is 3.39. The lowest BCUT2D eigenvalue weighted by molar-refractivity contribution is -0.137. The highest BCUT2D eigenvalue weighted by Crippen LogP contribution is 2.26. The van der Waals surface area contributed by atoms with Crippen LogP contribution in [0, 0.1) is 0 Å². The third-order valence-corrected chi connectivity index (χ3v) is 2.15. The Kier molecular flexibility index (Phi) is 4.25. The molecular weight excluding hydrogens is 238 g/mol. The lowest BCUT2D eigenvalue weighted by atomic mass is 10.1. The Morgan fingerprint density at radius 3 is 2.67 bits per heavy atom. The van der Waals surface area contributed by atoms with Gasteiger partial charge in [-0.2, -0.15) is 5.10 Å². The highest BCUT2D eigenvalue weighted by molar-refractivity contribution is 6.34. The molecule has 7 heteroatoms. The largest absolute Gasteiger partial charge is 0.504 e. The number of rotatable bonds is 3. The van der Waals surface area contributed by atoms with Crippen LogP contribution in [-0.2, 0) is 9.59 Å². The Morgan fingerprint density at radius 1 is 1.44 bits per heavy atom. The predicted molar refractivity (Wildman–Crippen MR) is 64.2 cm³/mol. The quantitative estimate of drug-likeness (QED) is 0.389. The number of hydrazone groups is 1. The number of aromatic hydroxyl groups is 1. The Morgan fingerprint density at radius 2 is 2.11 bits per heavy atom. The zero-order valence-corrected chi connectivity index (χ0v) is 9.93. The molecule has 0 spiro atoms. The predicted octanol–water partition coefficient (Wildman–Crippen LogP) is -0.274. The molecule has 1 aromatic carbocycles. The number of hydrogen-bond donors (Lipinski definition) is 3.